The zero-order valence-corrected chi connectivity index (χ0v) is 11.0. The van der Waals surface area contributed by atoms with Gasteiger partial charge in [0.05, 0.1) is 20.3 Å². The van der Waals surface area contributed by atoms with Crippen LogP contribution < -0.4 is 4.90 Å². The largest absolute Gasteiger partial charge is 0.465 e. The monoisotopic (exact) mass is 238 g/mol. The standard InChI is InChI=1S/C9H20NO4P/c1-8(2)14-15(5,12)7-10(3)6-9(11)13-4/h8H,6-7H2,1-5H3/p+1/t15-/m0/s1. The number of methoxy groups -OCH3 is 1. The van der Waals surface area contributed by atoms with Crippen molar-refractivity contribution in [3.05, 3.63) is 0 Å². The molecule has 15 heavy (non-hydrogen) atoms. The Bertz CT molecular complexity index is 254. The quantitative estimate of drug-likeness (QED) is 0.521. The van der Waals surface area contributed by atoms with E-state index in [0.29, 0.717) is 6.29 Å². The minimum atomic E-state index is -2.62. The minimum Gasteiger partial charge on any atom is -0.465 e. The van der Waals surface area contributed by atoms with Crippen LogP contribution in [0.4, 0.5) is 0 Å². The number of nitrogens with one attached hydrogen (secondary N) is 1. The highest BCUT2D eigenvalue weighted by molar-refractivity contribution is 7.57. The summed E-state index contributed by atoms with van der Waals surface area (Å²) in [6.07, 6.45) is 0.270. The average molecular weight is 238 g/mol. The maximum absolute atomic E-state index is 11.9. The molecule has 1 N–H and O–H groups in total. The first-order valence-corrected chi connectivity index (χ1v) is 7.15. The molecule has 0 fully saturated rings. The molecular formula is C9H21NO4P+. The van der Waals surface area contributed by atoms with Crippen molar-refractivity contribution < 1.29 is 23.5 Å². The molecule has 0 amide bonds. The Morgan fingerprint density at radius 1 is 1.47 bits per heavy atom. The van der Waals surface area contributed by atoms with E-state index in [-0.39, 0.29) is 18.6 Å². The molecule has 0 heterocycles. The number of carbonyl (C=O) groups excluding carboxylic acids is 1. The number of likely N-dealkylation sites (N-methyl/N-ethyl adjacent to an activating group) is 1. The predicted molar refractivity (Wildman–Crippen MR) is 58.4 cm³/mol. The summed E-state index contributed by atoms with van der Waals surface area (Å²) in [5.74, 6) is -0.308. The maximum atomic E-state index is 11.9. The summed E-state index contributed by atoms with van der Waals surface area (Å²) in [5.41, 5.74) is 0. The van der Waals surface area contributed by atoms with E-state index < -0.39 is 7.37 Å². The SMILES string of the molecule is COC(=O)C[NH+](C)C[P@@](C)(=O)OC(C)C. The lowest BCUT2D eigenvalue weighted by Crippen LogP contribution is -3.09. The van der Waals surface area contributed by atoms with Crippen LogP contribution in [-0.4, -0.2) is 45.7 Å². The summed E-state index contributed by atoms with van der Waals surface area (Å²) in [6, 6.07) is 0. The summed E-state index contributed by atoms with van der Waals surface area (Å²) in [5, 5.41) is 0. The van der Waals surface area contributed by atoms with Gasteiger partial charge in [-0.15, -0.1) is 0 Å². The first kappa shape index (κ1) is 14.6. The number of rotatable bonds is 6. The number of carbonyl (C=O) groups is 1. The number of ether oxygens (including phenoxy) is 1. The van der Waals surface area contributed by atoms with E-state index in [0.717, 1.165) is 4.90 Å². The van der Waals surface area contributed by atoms with Crippen molar-refractivity contribution in [1.82, 2.24) is 0 Å². The number of hydrogen-bond donors (Lipinski definition) is 1. The molecule has 0 radical (unpaired) electrons. The average Bonchev–Trinajstić information content (AvgIpc) is 1.99. The van der Waals surface area contributed by atoms with Crippen LogP contribution in [0.25, 0.3) is 0 Å². The summed E-state index contributed by atoms with van der Waals surface area (Å²) >= 11 is 0. The molecule has 0 aliphatic carbocycles. The molecule has 5 nitrogen and oxygen atoms in total. The normalized spacial score (nSPS) is 17.2. The fourth-order valence-corrected chi connectivity index (χ4v) is 3.41. The van der Waals surface area contributed by atoms with Gasteiger partial charge in [0.1, 0.15) is 0 Å². The smallest absolute Gasteiger partial charge is 0.361 e. The maximum Gasteiger partial charge on any atom is 0.361 e. The molecule has 6 heteroatoms. The van der Waals surface area contributed by atoms with E-state index in [2.05, 4.69) is 4.74 Å². The molecule has 1 unspecified atom stereocenters. The molecule has 0 saturated carbocycles. The van der Waals surface area contributed by atoms with Crippen LogP contribution in [0.3, 0.4) is 0 Å². The van der Waals surface area contributed by atoms with Crippen LogP contribution in [0.2, 0.25) is 0 Å². The fourth-order valence-electron chi connectivity index (χ4n) is 1.35. The Labute approximate surface area is 91.2 Å². The third kappa shape index (κ3) is 7.54. The van der Waals surface area contributed by atoms with Crippen LogP contribution in [-0.2, 0) is 18.6 Å². The van der Waals surface area contributed by atoms with Crippen molar-refractivity contribution in [1.29, 1.82) is 0 Å². The lowest BCUT2D eigenvalue weighted by molar-refractivity contribution is -0.859. The summed E-state index contributed by atoms with van der Waals surface area (Å²) < 4.78 is 21.7. The number of esters is 1. The van der Waals surface area contributed by atoms with Gasteiger partial charge in [0.15, 0.2) is 12.8 Å². The Hall–Kier alpha value is -0.380. The van der Waals surface area contributed by atoms with E-state index in [1.807, 2.05) is 13.8 Å². The van der Waals surface area contributed by atoms with Crippen molar-refractivity contribution in [3.8, 4) is 0 Å². The van der Waals surface area contributed by atoms with Crippen molar-refractivity contribution in [3.63, 3.8) is 0 Å². The zero-order valence-electron chi connectivity index (χ0n) is 10.1. The molecule has 0 saturated heterocycles. The molecule has 0 rings (SSSR count). The highest BCUT2D eigenvalue weighted by Gasteiger charge is 2.24. The third-order valence-corrected chi connectivity index (χ3v) is 3.65. The Balaban J connectivity index is 4.09. The van der Waals surface area contributed by atoms with Gasteiger partial charge in [-0.25, -0.2) is 4.79 Å². The highest BCUT2D eigenvalue weighted by atomic mass is 31.2. The van der Waals surface area contributed by atoms with Crippen LogP contribution in [0.1, 0.15) is 13.8 Å². The molecular weight excluding hydrogens is 217 g/mol. The lowest BCUT2D eigenvalue weighted by Gasteiger charge is -2.20. The second-order valence-corrected chi connectivity index (χ2v) is 6.59. The van der Waals surface area contributed by atoms with Gasteiger partial charge in [-0.1, -0.05) is 0 Å². The molecule has 90 valence electrons. The zero-order chi connectivity index (χ0) is 12.1. The minimum absolute atomic E-state index is 0.0632. The first-order chi connectivity index (χ1) is 6.76. The topological polar surface area (TPSA) is 57.0 Å². The molecule has 0 aromatic rings. The van der Waals surface area contributed by atoms with E-state index in [9.17, 15) is 9.36 Å². The second kappa shape index (κ2) is 6.26. The molecule has 0 aliphatic heterocycles. The van der Waals surface area contributed by atoms with Gasteiger partial charge in [-0.2, -0.15) is 0 Å². The lowest BCUT2D eigenvalue weighted by atomic mass is 10.5. The highest BCUT2D eigenvalue weighted by Crippen LogP contribution is 2.41. The van der Waals surface area contributed by atoms with E-state index in [1.54, 1.807) is 13.7 Å². The van der Waals surface area contributed by atoms with Gasteiger partial charge in [-0.3, -0.25) is 4.57 Å². The van der Waals surface area contributed by atoms with Crippen LogP contribution in [0, 0.1) is 0 Å². The summed E-state index contributed by atoms with van der Waals surface area (Å²) in [7, 11) is 0.511. The van der Waals surface area contributed by atoms with Gasteiger partial charge < -0.3 is 14.2 Å². The molecule has 0 aromatic heterocycles. The number of hydrogen-bond acceptors (Lipinski definition) is 4. The molecule has 0 aromatic carbocycles. The molecule has 0 aliphatic rings. The first-order valence-electron chi connectivity index (χ1n) is 4.90. The van der Waals surface area contributed by atoms with Crippen molar-refractivity contribution in [2.24, 2.45) is 0 Å². The van der Waals surface area contributed by atoms with Gasteiger partial charge in [0.25, 0.3) is 7.37 Å². The fraction of sp³-hybridized carbons (Fsp3) is 0.889. The Morgan fingerprint density at radius 2 is 2.00 bits per heavy atom. The molecule has 0 spiro atoms. The van der Waals surface area contributed by atoms with E-state index >= 15 is 0 Å². The molecule has 2 atom stereocenters. The number of quaternary nitrogens is 1. The Morgan fingerprint density at radius 3 is 2.40 bits per heavy atom. The van der Waals surface area contributed by atoms with Gasteiger partial charge >= 0.3 is 5.97 Å². The van der Waals surface area contributed by atoms with Gasteiger partial charge in [0.2, 0.25) is 0 Å². The summed E-state index contributed by atoms with van der Waals surface area (Å²) in [4.78, 5) is 11.8. The van der Waals surface area contributed by atoms with Crippen LogP contribution in [0.15, 0.2) is 0 Å². The van der Waals surface area contributed by atoms with E-state index in [1.165, 1.54) is 7.11 Å². The Kier molecular flexibility index (Phi) is 6.10. The van der Waals surface area contributed by atoms with Crippen molar-refractivity contribution in [2.45, 2.75) is 20.0 Å². The van der Waals surface area contributed by atoms with E-state index in [4.69, 9.17) is 4.52 Å². The van der Waals surface area contributed by atoms with Crippen molar-refractivity contribution in [2.75, 3.05) is 33.7 Å². The predicted octanol–water partition coefficient (Wildman–Crippen LogP) is -0.0355. The van der Waals surface area contributed by atoms with Crippen molar-refractivity contribution >= 4 is 13.3 Å². The van der Waals surface area contributed by atoms with Gasteiger partial charge in [0, 0.05) is 6.66 Å². The van der Waals surface area contributed by atoms with Crippen LogP contribution >= 0.6 is 7.37 Å². The van der Waals surface area contributed by atoms with Gasteiger partial charge in [-0.05, 0) is 13.8 Å². The van der Waals surface area contributed by atoms with Crippen LogP contribution in [0.5, 0.6) is 0 Å². The second-order valence-electron chi connectivity index (χ2n) is 4.04. The molecule has 0 bridgehead atoms. The summed E-state index contributed by atoms with van der Waals surface area (Å²) in [6.45, 7) is 5.47. The third-order valence-electron chi connectivity index (χ3n) is 1.66.